The molecule has 6 nitrogen and oxygen atoms in total. The molecule has 0 spiro atoms. The Morgan fingerprint density at radius 1 is 1.58 bits per heavy atom. The van der Waals surface area contributed by atoms with E-state index < -0.39 is 10.0 Å². The zero-order valence-electron chi connectivity index (χ0n) is 11.0. The summed E-state index contributed by atoms with van der Waals surface area (Å²) in [6.45, 7) is 4.53. The molecular formula is C11H18BrN3O3S. The Hall–Kier alpha value is -0.440. The van der Waals surface area contributed by atoms with Gasteiger partial charge in [0.2, 0.25) is 0 Å². The van der Waals surface area contributed by atoms with E-state index in [4.69, 9.17) is 4.74 Å². The van der Waals surface area contributed by atoms with Crippen molar-refractivity contribution in [3.63, 3.8) is 0 Å². The van der Waals surface area contributed by atoms with E-state index in [1.807, 2.05) is 13.8 Å². The van der Waals surface area contributed by atoms with Crippen LogP contribution in [0.25, 0.3) is 0 Å². The second-order valence-electron chi connectivity index (χ2n) is 4.59. The predicted octanol–water partition coefficient (Wildman–Crippen LogP) is 1.15. The van der Waals surface area contributed by atoms with Gasteiger partial charge in [0, 0.05) is 24.8 Å². The third-order valence-electron chi connectivity index (χ3n) is 3.02. The third kappa shape index (κ3) is 3.18. The van der Waals surface area contributed by atoms with Crippen molar-refractivity contribution < 1.29 is 13.2 Å². The van der Waals surface area contributed by atoms with Crippen molar-refractivity contribution >= 4 is 26.0 Å². The van der Waals surface area contributed by atoms with Gasteiger partial charge >= 0.3 is 0 Å². The van der Waals surface area contributed by atoms with Crippen LogP contribution < -0.4 is 0 Å². The molecule has 1 aromatic rings. The second-order valence-corrected chi connectivity index (χ2v) is 7.15. The average molecular weight is 352 g/mol. The quantitative estimate of drug-likeness (QED) is 0.825. The smallest absolute Gasteiger partial charge is 0.260 e. The molecule has 1 aromatic heterocycles. The summed E-state index contributed by atoms with van der Waals surface area (Å²) in [5.74, 6) is 0.678. The van der Waals surface area contributed by atoms with Crippen LogP contribution in [-0.2, 0) is 21.2 Å². The summed E-state index contributed by atoms with van der Waals surface area (Å²) in [5.41, 5.74) is 0. The molecule has 1 fully saturated rings. The van der Waals surface area contributed by atoms with Crippen LogP contribution in [0.15, 0.2) is 11.2 Å². The second kappa shape index (κ2) is 5.90. The number of imidazole rings is 1. The molecule has 1 saturated heterocycles. The lowest BCUT2D eigenvalue weighted by Gasteiger charge is -2.34. The van der Waals surface area contributed by atoms with Crippen LogP contribution in [-0.4, -0.2) is 53.3 Å². The van der Waals surface area contributed by atoms with Crippen molar-refractivity contribution in [2.75, 3.05) is 18.4 Å². The summed E-state index contributed by atoms with van der Waals surface area (Å²) in [5, 5.41) is 0.777. The number of hydrogen-bond donors (Lipinski definition) is 1. The number of aromatic amines is 1. The molecule has 8 heteroatoms. The van der Waals surface area contributed by atoms with Crippen molar-refractivity contribution in [3.05, 3.63) is 12.0 Å². The lowest BCUT2D eigenvalue weighted by molar-refractivity contribution is -0.0411. The maximum atomic E-state index is 12.5. The average Bonchev–Trinajstić information content (AvgIpc) is 2.87. The number of rotatable bonds is 4. The maximum Gasteiger partial charge on any atom is 0.260 e. The van der Waals surface area contributed by atoms with E-state index in [0.717, 1.165) is 0 Å². The lowest BCUT2D eigenvalue weighted by atomic mass is 10.3. The highest BCUT2D eigenvalue weighted by Gasteiger charge is 2.34. The summed E-state index contributed by atoms with van der Waals surface area (Å²) < 4.78 is 32.1. The molecule has 0 saturated carbocycles. The summed E-state index contributed by atoms with van der Waals surface area (Å²) >= 11 is 3.34. The number of aryl methyl sites for hydroxylation is 1. The Morgan fingerprint density at radius 2 is 2.32 bits per heavy atom. The molecule has 1 N–H and O–H groups in total. The van der Waals surface area contributed by atoms with Crippen LogP contribution in [0.4, 0.5) is 0 Å². The number of sulfonamides is 1. The van der Waals surface area contributed by atoms with Crippen molar-refractivity contribution in [1.29, 1.82) is 0 Å². The minimum absolute atomic E-state index is 0.111. The van der Waals surface area contributed by atoms with Crippen LogP contribution in [0.3, 0.4) is 0 Å². The van der Waals surface area contributed by atoms with E-state index in [1.165, 1.54) is 10.5 Å². The first-order valence-corrected chi connectivity index (χ1v) is 8.79. The molecule has 1 aliphatic rings. The molecule has 2 rings (SSSR count). The fourth-order valence-corrected chi connectivity index (χ4v) is 3.91. The monoisotopic (exact) mass is 351 g/mol. The fraction of sp³-hybridized carbons (Fsp3) is 0.727. The van der Waals surface area contributed by atoms with E-state index in [-0.39, 0.29) is 17.2 Å². The molecule has 0 radical (unpaired) electrons. The van der Waals surface area contributed by atoms with Gasteiger partial charge in [-0.1, -0.05) is 22.9 Å². The van der Waals surface area contributed by atoms with Gasteiger partial charge < -0.3 is 9.72 Å². The number of aromatic nitrogens is 2. The topological polar surface area (TPSA) is 75.3 Å². The predicted molar refractivity (Wildman–Crippen MR) is 74.9 cm³/mol. The minimum atomic E-state index is -3.51. The molecule has 2 atom stereocenters. The summed E-state index contributed by atoms with van der Waals surface area (Å²) in [4.78, 5) is 6.91. The molecule has 2 heterocycles. The molecule has 0 aromatic carbocycles. The Bertz CT molecular complexity index is 531. The van der Waals surface area contributed by atoms with Crippen LogP contribution >= 0.6 is 15.9 Å². The minimum Gasteiger partial charge on any atom is -0.372 e. The zero-order chi connectivity index (χ0) is 14.0. The van der Waals surface area contributed by atoms with Gasteiger partial charge in [-0.15, -0.1) is 0 Å². The highest BCUT2D eigenvalue weighted by atomic mass is 79.9. The van der Waals surface area contributed by atoms with Crippen molar-refractivity contribution in [3.8, 4) is 0 Å². The van der Waals surface area contributed by atoms with Crippen LogP contribution in [0.5, 0.6) is 0 Å². The van der Waals surface area contributed by atoms with Gasteiger partial charge in [-0.3, -0.25) is 0 Å². The van der Waals surface area contributed by atoms with Gasteiger partial charge in [0.15, 0.2) is 5.03 Å². The van der Waals surface area contributed by atoms with Crippen LogP contribution in [0.2, 0.25) is 0 Å². The molecule has 0 amide bonds. The number of hydrogen-bond acceptors (Lipinski definition) is 4. The fourth-order valence-electron chi connectivity index (χ4n) is 2.08. The summed E-state index contributed by atoms with van der Waals surface area (Å²) in [7, 11) is -3.51. The van der Waals surface area contributed by atoms with Gasteiger partial charge in [-0.05, 0) is 6.92 Å². The molecular weight excluding hydrogens is 334 g/mol. The zero-order valence-corrected chi connectivity index (χ0v) is 13.4. The number of nitrogens with one attached hydrogen (secondary N) is 1. The number of H-pyrrole nitrogens is 1. The highest BCUT2D eigenvalue weighted by molar-refractivity contribution is 9.09. The summed E-state index contributed by atoms with van der Waals surface area (Å²) in [6, 6.07) is 0. The molecule has 1 aliphatic heterocycles. The molecule has 19 heavy (non-hydrogen) atoms. The maximum absolute atomic E-state index is 12.5. The van der Waals surface area contributed by atoms with E-state index in [2.05, 4.69) is 25.9 Å². The number of halogens is 1. The first-order chi connectivity index (χ1) is 8.97. The van der Waals surface area contributed by atoms with Gasteiger partial charge in [-0.25, -0.2) is 13.4 Å². The Balaban J connectivity index is 2.23. The Labute approximate surface area is 121 Å². The molecule has 108 valence electrons. The largest absolute Gasteiger partial charge is 0.372 e. The standard InChI is InChI=1S/C11H18BrN3O3S/c1-3-10-13-5-11(14-10)19(16,17)15-6-8(2)18-9(4-12)7-15/h5,8-9H,3-4,6-7H2,1-2H3,(H,13,14). The number of nitrogens with zero attached hydrogens (tertiary/aromatic N) is 2. The highest BCUT2D eigenvalue weighted by Crippen LogP contribution is 2.20. The first-order valence-electron chi connectivity index (χ1n) is 6.22. The molecule has 2 unspecified atom stereocenters. The van der Waals surface area contributed by atoms with E-state index in [0.29, 0.717) is 30.7 Å². The Kier molecular flexibility index (Phi) is 4.65. The van der Waals surface area contributed by atoms with E-state index >= 15 is 0 Å². The molecule has 0 bridgehead atoms. The van der Waals surface area contributed by atoms with Crippen molar-refractivity contribution in [1.82, 2.24) is 14.3 Å². The van der Waals surface area contributed by atoms with Crippen molar-refractivity contribution in [2.24, 2.45) is 0 Å². The van der Waals surface area contributed by atoms with E-state index in [1.54, 1.807) is 0 Å². The van der Waals surface area contributed by atoms with Gasteiger partial charge in [0.05, 0.1) is 18.4 Å². The normalized spacial score (nSPS) is 25.6. The van der Waals surface area contributed by atoms with Gasteiger partial charge in [0.1, 0.15) is 5.82 Å². The van der Waals surface area contributed by atoms with Crippen molar-refractivity contribution in [2.45, 2.75) is 37.5 Å². The number of morpholine rings is 1. The summed E-state index contributed by atoms with van der Waals surface area (Å²) in [6.07, 6.45) is 1.84. The van der Waals surface area contributed by atoms with Gasteiger partial charge in [0.25, 0.3) is 10.0 Å². The Morgan fingerprint density at radius 3 is 2.89 bits per heavy atom. The molecule has 0 aliphatic carbocycles. The third-order valence-corrected chi connectivity index (χ3v) is 5.49. The lowest BCUT2D eigenvalue weighted by Crippen LogP contribution is -2.49. The van der Waals surface area contributed by atoms with Gasteiger partial charge in [-0.2, -0.15) is 4.31 Å². The van der Waals surface area contributed by atoms with Crippen LogP contribution in [0.1, 0.15) is 19.7 Å². The number of alkyl halides is 1. The van der Waals surface area contributed by atoms with E-state index in [9.17, 15) is 8.42 Å². The first kappa shape index (κ1) is 15.0. The SMILES string of the molecule is CCc1ncc(S(=O)(=O)N2CC(C)OC(CBr)C2)[nH]1. The van der Waals surface area contributed by atoms with Crippen LogP contribution in [0, 0.1) is 0 Å². The number of ether oxygens (including phenoxy) is 1.